The average Bonchev–Trinajstić information content (AvgIpc) is 2.64. The molecule has 0 aliphatic heterocycles. The molecule has 0 fully saturated rings. The van der Waals surface area contributed by atoms with Crippen molar-refractivity contribution in [3.8, 4) is 5.75 Å². The lowest BCUT2D eigenvalue weighted by atomic mass is 10.1. The summed E-state index contributed by atoms with van der Waals surface area (Å²) in [4.78, 5) is 22.4. The van der Waals surface area contributed by atoms with E-state index in [0.29, 0.717) is 11.3 Å². The van der Waals surface area contributed by atoms with Crippen LogP contribution in [0.4, 0.5) is 10.5 Å². The number of hydrogen-bond acceptors (Lipinski definition) is 6. The van der Waals surface area contributed by atoms with Gasteiger partial charge in [-0.2, -0.15) is 0 Å². The van der Waals surface area contributed by atoms with Gasteiger partial charge in [0.2, 0.25) is 0 Å². The molecule has 0 heterocycles. The van der Waals surface area contributed by atoms with Crippen molar-refractivity contribution in [2.24, 2.45) is 0 Å². The smallest absolute Gasteiger partial charge is 0.408 e. The number of amides is 1. The van der Waals surface area contributed by atoms with E-state index >= 15 is 0 Å². The maximum Gasteiger partial charge on any atom is 0.408 e. The van der Waals surface area contributed by atoms with Crippen LogP contribution in [0.2, 0.25) is 0 Å². The molecule has 25 heavy (non-hydrogen) atoms. The second-order valence-electron chi connectivity index (χ2n) is 5.08. The third kappa shape index (κ3) is 4.67. The van der Waals surface area contributed by atoms with Gasteiger partial charge in [-0.05, 0) is 12.1 Å². The van der Waals surface area contributed by atoms with E-state index in [4.69, 9.17) is 9.47 Å². The van der Waals surface area contributed by atoms with E-state index in [0.717, 1.165) is 0 Å². The molecule has 0 aliphatic carbocycles. The molecule has 2 aromatic rings. The number of nitro groups is 1. The zero-order chi connectivity index (χ0) is 18.2. The van der Waals surface area contributed by atoms with Gasteiger partial charge in [-0.25, -0.2) is 4.79 Å². The van der Waals surface area contributed by atoms with Crippen LogP contribution in [-0.2, 0) is 11.3 Å². The molecule has 132 valence electrons. The van der Waals surface area contributed by atoms with E-state index < -0.39 is 17.1 Å². The first-order valence-corrected chi connectivity index (χ1v) is 7.46. The molecule has 8 nitrogen and oxygen atoms in total. The Morgan fingerprint density at radius 1 is 1.24 bits per heavy atom. The monoisotopic (exact) mass is 346 g/mol. The summed E-state index contributed by atoms with van der Waals surface area (Å²) in [6, 6.07) is 12.2. The maximum atomic E-state index is 12.0. The van der Waals surface area contributed by atoms with Gasteiger partial charge in [0, 0.05) is 11.6 Å². The van der Waals surface area contributed by atoms with E-state index in [9.17, 15) is 20.0 Å². The number of aliphatic hydroxyl groups excluding tert-OH is 1. The molecule has 0 radical (unpaired) electrons. The SMILES string of the molecule is COc1ccccc1[C@@H](CO)NC(=O)OCc1ccccc1[N+](=O)[O-]. The molecule has 8 heteroatoms. The maximum absolute atomic E-state index is 12.0. The second-order valence-corrected chi connectivity index (χ2v) is 5.08. The van der Waals surface area contributed by atoms with Crippen LogP contribution in [0.1, 0.15) is 17.2 Å². The Bertz CT molecular complexity index is 749. The molecular weight excluding hydrogens is 328 g/mol. The lowest BCUT2D eigenvalue weighted by Crippen LogP contribution is -2.31. The molecule has 0 aliphatic rings. The summed E-state index contributed by atoms with van der Waals surface area (Å²) in [6.07, 6.45) is -0.803. The molecule has 2 aromatic carbocycles. The van der Waals surface area contributed by atoms with E-state index in [1.807, 2.05) is 0 Å². The molecule has 0 saturated carbocycles. The predicted octanol–water partition coefficient (Wildman–Crippen LogP) is 2.56. The van der Waals surface area contributed by atoms with Gasteiger partial charge >= 0.3 is 6.09 Å². The molecule has 1 amide bonds. The van der Waals surface area contributed by atoms with Crippen LogP contribution < -0.4 is 10.1 Å². The number of para-hydroxylation sites is 2. The summed E-state index contributed by atoms with van der Waals surface area (Å²) in [5.41, 5.74) is 0.745. The number of alkyl carbamates (subject to hydrolysis) is 1. The Labute approximate surface area is 144 Å². The lowest BCUT2D eigenvalue weighted by Gasteiger charge is -2.19. The summed E-state index contributed by atoms with van der Waals surface area (Å²) >= 11 is 0. The van der Waals surface area contributed by atoms with Crippen molar-refractivity contribution in [3.63, 3.8) is 0 Å². The Hall–Kier alpha value is -3.13. The summed E-state index contributed by atoms with van der Waals surface area (Å²) in [6.45, 7) is -0.617. The minimum atomic E-state index is -0.803. The highest BCUT2D eigenvalue weighted by Crippen LogP contribution is 2.24. The fourth-order valence-corrected chi connectivity index (χ4v) is 2.31. The number of ether oxygens (including phenoxy) is 2. The van der Waals surface area contributed by atoms with Crippen molar-refractivity contribution in [2.45, 2.75) is 12.6 Å². The third-order valence-corrected chi connectivity index (χ3v) is 3.54. The van der Waals surface area contributed by atoms with Gasteiger partial charge < -0.3 is 19.9 Å². The van der Waals surface area contributed by atoms with Crippen molar-refractivity contribution < 1.29 is 24.3 Å². The van der Waals surface area contributed by atoms with E-state index in [-0.39, 0.29) is 24.5 Å². The summed E-state index contributed by atoms with van der Waals surface area (Å²) in [5.74, 6) is 0.514. The van der Waals surface area contributed by atoms with Crippen molar-refractivity contribution in [2.75, 3.05) is 13.7 Å². The van der Waals surface area contributed by atoms with Crippen LogP contribution in [-0.4, -0.2) is 29.8 Å². The number of aliphatic hydroxyl groups is 1. The molecule has 0 spiro atoms. The van der Waals surface area contributed by atoms with Gasteiger partial charge in [0.1, 0.15) is 12.4 Å². The highest BCUT2D eigenvalue weighted by molar-refractivity contribution is 5.68. The Balaban J connectivity index is 2.03. The van der Waals surface area contributed by atoms with Gasteiger partial charge in [-0.1, -0.05) is 30.3 Å². The quantitative estimate of drug-likeness (QED) is 0.589. The van der Waals surface area contributed by atoms with Gasteiger partial charge in [-0.3, -0.25) is 10.1 Å². The predicted molar refractivity (Wildman–Crippen MR) is 89.2 cm³/mol. The Morgan fingerprint density at radius 2 is 1.92 bits per heavy atom. The summed E-state index contributed by atoms with van der Waals surface area (Å²) in [7, 11) is 1.49. The molecule has 2 N–H and O–H groups in total. The van der Waals surface area contributed by atoms with Crippen LogP contribution in [0.15, 0.2) is 48.5 Å². The first kappa shape index (κ1) is 18.2. The van der Waals surface area contributed by atoms with Crippen molar-refractivity contribution in [3.05, 3.63) is 69.8 Å². The Morgan fingerprint density at radius 3 is 2.60 bits per heavy atom. The number of carbonyl (C=O) groups is 1. The number of methoxy groups -OCH3 is 1. The lowest BCUT2D eigenvalue weighted by molar-refractivity contribution is -0.385. The summed E-state index contributed by atoms with van der Waals surface area (Å²) < 4.78 is 10.2. The second kappa shape index (κ2) is 8.65. The zero-order valence-corrected chi connectivity index (χ0v) is 13.5. The molecule has 0 aromatic heterocycles. The first-order valence-electron chi connectivity index (χ1n) is 7.46. The van der Waals surface area contributed by atoms with Crippen molar-refractivity contribution in [1.82, 2.24) is 5.32 Å². The van der Waals surface area contributed by atoms with Crippen LogP contribution in [0.25, 0.3) is 0 Å². The van der Waals surface area contributed by atoms with Gasteiger partial charge in [0.25, 0.3) is 5.69 Å². The minimum absolute atomic E-state index is 0.126. The normalized spacial score (nSPS) is 11.4. The van der Waals surface area contributed by atoms with E-state index in [1.165, 1.54) is 25.3 Å². The van der Waals surface area contributed by atoms with Crippen LogP contribution >= 0.6 is 0 Å². The third-order valence-electron chi connectivity index (χ3n) is 3.54. The minimum Gasteiger partial charge on any atom is -0.496 e. The Kier molecular flexibility index (Phi) is 6.30. The number of benzene rings is 2. The highest BCUT2D eigenvalue weighted by Gasteiger charge is 2.19. The number of carbonyl (C=O) groups excluding carboxylic acids is 1. The molecule has 2 rings (SSSR count). The fraction of sp³-hybridized carbons (Fsp3) is 0.235. The number of rotatable bonds is 7. The fourth-order valence-electron chi connectivity index (χ4n) is 2.31. The van der Waals surface area contributed by atoms with Crippen molar-refractivity contribution >= 4 is 11.8 Å². The standard InChI is InChI=1S/C17H18N2O6/c1-24-16-9-5-3-7-13(16)14(10-20)18-17(21)25-11-12-6-2-4-8-15(12)19(22)23/h2-9,14,20H,10-11H2,1H3,(H,18,21)/t14-/m1/s1. The van der Waals surface area contributed by atoms with E-state index in [2.05, 4.69) is 5.32 Å². The highest BCUT2D eigenvalue weighted by atomic mass is 16.6. The number of hydrogen-bond donors (Lipinski definition) is 2. The number of nitro benzene ring substituents is 1. The van der Waals surface area contributed by atoms with E-state index in [1.54, 1.807) is 30.3 Å². The largest absolute Gasteiger partial charge is 0.496 e. The van der Waals surface area contributed by atoms with Gasteiger partial charge in [0.05, 0.1) is 30.2 Å². The van der Waals surface area contributed by atoms with Crippen LogP contribution in [0, 0.1) is 10.1 Å². The first-order chi connectivity index (χ1) is 12.1. The van der Waals surface area contributed by atoms with Crippen LogP contribution in [0.5, 0.6) is 5.75 Å². The van der Waals surface area contributed by atoms with Crippen molar-refractivity contribution in [1.29, 1.82) is 0 Å². The number of nitrogens with one attached hydrogen (secondary N) is 1. The molecule has 0 bridgehead atoms. The topological polar surface area (TPSA) is 111 Å². The number of nitrogens with zero attached hydrogens (tertiary/aromatic N) is 1. The average molecular weight is 346 g/mol. The van der Waals surface area contributed by atoms with Gasteiger partial charge in [0.15, 0.2) is 0 Å². The van der Waals surface area contributed by atoms with Gasteiger partial charge in [-0.15, -0.1) is 0 Å². The summed E-state index contributed by atoms with van der Waals surface area (Å²) in [5, 5.41) is 23.0. The molecule has 0 saturated heterocycles. The molecular formula is C17H18N2O6. The van der Waals surface area contributed by atoms with Crippen LogP contribution in [0.3, 0.4) is 0 Å². The molecule has 0 unspecified atom stereocenters. The molecule has 1 atom stereocenters. The zero-order valence-electron chi connectivity index (χ0n) is 13.5.